The number of aromatic amines is 1. The molecule has 0 aliphatic heterocycles. The van der Waals surface area contributed by atoms with Crippen molar-refractivity contribution in [1.29, 1.82) is 0 Å². The second kappa shape index (κ2) is 9.39. The van der Waals surface area contributed by atoms with Gasteiger partial charge in [0.2, 0.25) is 11.3 Å². The zero-order chi connectivity index (χ0) is 17.4. The number of rotatable bonds is 8. The Labute approximate surface area is 149 Å². The van der Waals surface area contributed by atoms with Crippen LogP contribution < -0.4 is 15.5 Å². The molecule has 0 aliphatic carbocycles. The number of halogens is 1. The van der Waals surface area contributed by atoms with E-state index in [-0.39, 0.29) is 11.3 Å². The Bertz CT molecular complexity index is 731. The largest absolute Gasteiger partial charge is 0.488 e. The summed E-state index contributed by atoms with van der Waals surface area (Å²) in [7, 11) is 0. The van der Waals surface area contributed by atoms with Crippen LogP contribution in [-0.2, 0) is 10.5 Å². The van der Waals surface area contributed by atoms with E-state index in [0.29, 0.717) is 34.6 Å². The first-order valence-electron chi connectivity index (χ1n) is 7.56. The molecule has 1 amide bonds. The quantitative estimate of drug-likeness (QED) is 0.747. The number of carbonyl (C=O) groups excluding carboxylic acids is 1. The minimum Gasteiger partial charge on any atom is -0.488 e. The summed E-state index contributed by atoms with van der Waals surface area (Å²) in [6, 6.07) is 8.44. The molecule has 0 atom stereocenters. The normalized spacial score (nSPS) is 10.4. The number of benzene rings is 1. The Morgan fingerprint density at radius 3 is 2.75 bits per heavy atom. The fraction of sp³-hybridized carbons (Fsp3) is 0.294. The molecule has 2 aromatic rings. The molecule has 24 heavy (non-hydrogen) atoms. The summed E-state index contributed by atoms with van der Waals surface area (Å²) in [5.41, 5.74) is 1.31. The Hall–Kier alpha value is -1.92. The second-order valence-corrected chi connectivity index (χ2v) is 6.51. The van der Waals surface area contributed by atoms with Crippen molar-refractivity contribution in [2.75, 3.05) is 17.7 Å². The third-order valence-electron chi connectivity index (χ3n) is 3.02. The Kier molecular flexibility index (Phi) is 7.21. The summed E-state index contributed by atoms with van der Waals surface area (Å²) >= 11 is 7.22. The average molecular weight is 367 g/mol. The van der Waals surface area contributed by atoms with Gasteiger partial charge in [-0.25, -0.2) is 0 Å². The van der Waals surface area contributed by atoms with Crippen LogP contribution in [0.25, 0.3) is 0 Å². The van der Waals surface area contributed by atoms with E-state index in [1.807, 2.05) is 6.92 Å². The first-order chi connectivity index (χ1) is 11.6. The Morgan fingerprint density at radius 2 is 2.08 bits per heavy atom. The number of aromatic nitrogens is 1. The minimum absolute atomic E-state index is 0.104. The molecule has 0 fully saturated rings. The van der Waals surface area contributed by atoms with Crippen molar-refractivity contribution in [3.05, 3.63) is 57.5 Å². The van der Waals surface area contributed by atoms with Gasteiger partial charge in [0.1, 0.15) is 0 Å². The van der Waals surface area contributed by atoms with E-state index in [2.05, 4.69) is 10.3 Å². The topological polar surface area (TPSA) is 71.2 Å². The molecule has 5 nitrogen and oxygen atoms in total. The van der Waals surface area contributed by atoms with Gasteiger partial charge in [0.05, 0.1) is 12.4 Å². The fourth-order valence-electron chi connectivity index (χ4n) is 1.89. The highest BCUT2D eigenvalue weighted by Crippen LogP contribution is 2.15. The van der Waals surface area contributed by atoms with E-state index < -0.39 is 0 Å². The smallest absolute Gasteiger partial charge is 0.234 e. The molecule has 0 saturated carbocycles. The summed E-state index contributed by atoms with van der Waals surface area (Å²) in [5, 5.41) is 3.41. The maximum atomic E-state index is 11.9. The highest BCUT2D eigenvalue weighted by Gasteiger charge is 2.05. The van der Waals surface area contributed by atoms with Crippen molar-refractivity contribution < 1.29 is 9.53 Å². The number of H-pyrrole nitrogens is 1. The van der Waals surface area contributed by atoms with Gasteiger partial charge in [-0.15, -0.1) is 11.8 Å². The lowest BCUT2D eigenvalue weighted by atomic mass is 10.3. The zero-order valence-electron chi connectivity index (χ0n) is 13.3. The number of amides is 1. The second-order valence-electron chi connectivity index (χ2n) is 5.08. The van der Waals surface area contributed by atoms with E-state index in [1.165, 1.54) is 17.8 Å². The molecule has 1 aromatic heterocycles. The first kappa shape index (κ1) is 18.4. The van der Waals surface area contributed by atoms with Crippen LogP contribution in [0.2, 0.25) is 5.02 Å². The van der Waals surface area contributed by atoms with Gasteiger partial charge in [0, 0.05) is 34.4 Å². The minimum atomic E-state index is -0.150. The zero-order valence-corrected chi connectivity index (χ0v) is 14.9. The fourth-order valence-corrected chi connectivity index (χ4v) is 2.76. The molecular formula is C17H19ClN2O3S. The summed E-state index contributed by atoms with van der Waals surface area (Å²) in [4.78, 5) is 26.8. The van der Waals surface area contributed by atoms with E-state index >= 15 is 0 Å². The highest BCUT2D eigenvalue weighted by molar-refractivity contribution is 7.99. The van der Waals surface area contributed by atoms with Crippen LogP contribution in [0.4, 0.5) is 5.69 Å². The van der Waals surface area contributed by atoms with E-state index in [1.54, 1.807) is 30.5 Å². The van der Waals surface area contributed by atoms with Gasteiger partial charge in [-0.2, -0.15) is 0 Å². The molecular weight excluding hydrogens is 348 g/mol. The average Bonchev–Trinajstić information content (AvgIpc) is 2.56. The van der Waals surface area contributed by atoms with Crippen LogP contribution in [0.1, 0.15) is 19.0 Å². The lowest BCUT2D eigenvalue weighted by Gasteiger charge is -2.07. The van der Waals surface area contributed by atoms with Crippen LogP contribution in [0.15, 0.2) is 41.3 Å². The molecule has 0 radical (unpaired) electrons. The van der Waals surface area contributed by atoms with Gasteiger partial charge in [-0.05, 0) is 30.7 Å². The van der Waals surface area contributed by atoms with E-state index in [9.17, 15) is 9.59 Å². The maximum absolute atomic E-state index is 11.9. The SMILES string of the molecule is CCCOc1c[nH]c(CSCC(=O)Nc2ccc(Cl)cc2)cc1=O. The van der Waals surface area contributed by atoms with Crippen LogP contribution in [0, 0.1) is 0 Å². The highest BCUT2D eigenvalue weighted by atomic mass is 35.5. The molecule has 0 spiro atoms. The summed E-state index contributed by atoms with van der Waals surface area (Å²) in [6.45, 7) is 2.50. The Balaban J connectivity index is 1.79. The van der Waals surface area contributed by atoms with Crippen molar-refractivity contribution in [3.8, 4) is 5.75 Å². The van der Waals surface area contributed by atoms with Gasteiger partial charge in [-0.1, -0.05) is 18.5 Å². The standard InChI is InChI=1S/C17H19ClN2O3S/c1-2-7-23-16-9-19-14(8-15(16)21)10-24-11-17(22)20-13-5-3-12(18)4-6-13/h3-6,8-9H,2,7,10-11H2,1H3,(H,19,21)(H,20,22). The lowest BCUT2D eigenvalue weighted by molar-refractivity contribution is -0.113. The van der Waals surface area contributed by atoms with E-state index in [0.717, 1.165) is 12.1 Å². The molecule has 2 rings (SSSR count). The third kappa shape index (κ3) is 5.94. The monoisotopic (exact) mass is 366 g/mol. The van der Waals surface area contributed by atoms with Crippen LogP contribution in [0.5, 0.6) is 5.75 Å². The van der Waals surface area contributed by atoms with Crippen molar-refractivity contribution in [1.82, 2.24) is 4.98 Å². The van der Waals surface area contributed by atoms with Crippen molar-refractivity contribution in [2.45, 2.75) is 19.1 Å². The molecule has 0 aliphatic rings. The lowest BCUT2D eigenvalue weighted by Crippen LogP contribution is -2.14. The summed E-state index contributed by atoms with van der Waals surface area (Å²) in [6.07, 6.45) is 2.42. The van der Waals surface area contributed by atoms with Crippen molar-refractivity contribution in [3.63, 3.8) is 0 Å². The maximum Gasteiger partial charge on any atom is 0.234 e. The number of anilines is 1. The van der Waals surface area contributed by atoms with E-state index in [4.69, 9.17) is 16.3 Å². The number of hydrogen-bond donors (Lipinski definition) is 2. The number of ether oxygens (including phenoxy) is 1. The molecule has 7 heteroatoms. The molecule has 1 heterocycles. The summed E-state index contributed by atoms with van der Waals surface area (Å²) in [5.74, 6) is 1.05. The molecule has 0 saturated heterocycles. The van der Waals surface area contributed by atoms with Gasteiger partial charge >= 0.3 is 0 Å². The molecule has 1 aromatic carbocycles. The van der Waals surface area contributed by atoms with Crippen LogP contribution >= 0.6 is 23.4 Å². The molecule has 2 N–H and O–H groups in total. The number of carbonyl (C=O) groups is 1. The predicted octanol–water partition coefficient (Wildman–Crippen LogP) is 3.69. The number of pyridine rings is 1. The number of nitrogens with one attached hydrogen (secondary N) is 2. The number of thioether (sulfide) groups is 1. The van der Waals surface area contributed by atoms with Crippen molar-refractivity contribution in [2.24, 2.45) is 0 Å². The predicted molar refractivity (Wildman–Crippen MR) is 99.1 cm³/mol. The van der Waals surface area contributed by atoms with Gasteiger partial charge in [-0.3, -0.25) is 9.59 Å². The van der Waals surface area contributed by atoms with Crippen LogP contribution in [0.3, 0.4) is 0 Å². The number of hydrogen-bond acceptors (Lipinski definition) is 4. The van der Waals surface area contributed by atoms with Gasteiger partial charge in [0.15, 0.2) is 5.75 Å². The molecule has 0 bridgehead atoms. The summed E-state index contributed by atoms with van der Waals surface area (Å²) < 4.78 is 5.33. The van der Waals surface area contributed by atoms with Crippen molar-refractivity contribution >= 4 is 35.0 Å². The van der Waals surface area contributed by atoms with Crippen LogP contribution in [-0.4, -0.2) is 23.3 Å². The van der Waals surface area contributed by atoms with Gasteiger partial charge < -0.3 is 15.0 Å². The molecule has 128 valence electrons. The molecule has 0 unspecified atom stereocenters. The van der Waals surface area contributed by atoms with Gasteiger partial charge in [0.25, 0.3) is 0 Å². The third-order valence-corrected chi connectivity index (χ3v) is 4.25. The Morgan fingerprint density at radius 1 is 1.33 bits per heavy atom. The first-order valence-corrected chi connectivity index (χ1v) is 9.09.